The molecule has 2 amide bonds. The quantitative estimate of drug-likeness (QED) is 0.672. The minimum atomic E-state index is -0.499. The highest BCUT2D eigenvalue weighted by Crippen LogP contribution is 2.34. The molecule has 1 atom stereocenters. The zero-order valence-corrected chi connectivity index (χ0v) is 18.4. The van der Waals surface area contributed by atoms with Crippen molar-refractivity contribution in [1.29, 1.82) is 0 Å². The average Bonchev–Trinajstić information content (AvgIpc) is 2.84. The number of hydrogen-bond donors (Lipinski definition) is 1. The van der Waals surface area contributed by atoms with Gasteiger partial charge in [-0.3, -0.25) is 9.59 Å². The van der Waals surface area contributed by atoms with E-state index in [-0.39, 0.29) is 11.8 Å². The predicted molar refractivity (Wildman–Crippen MR) is 125 cm³/mol. The lowest BCUT2D eigenvalue weighted by atomic mass is 9.86. The zero-order valence-electron chi connectivity index (χ0n) is 18.4. The van der Waals surface area contributed by atoms with Gasteiger partial charge in [0.15, 0.2) is 0 Å². The van der Waals surface area contributed by atoms with Crippen molar-refractivity contribution in [3.05, 3.63) is 77.6 Å². The third kappa shape index (κ3) is 4.46. The largest absolute Gasteiger partial charge is 0.366 e. The Morgan fingerprint density at radius 2 is 1.66 bits per heavy atom. The van der Waals surface area contributed by atoms with Crippen molar-refractivity contribution in [2.75, 3.05) is 32.1 Å². The molecule has 1 aliphatic rings. The van der Waals surface area contributed by atoms with Gasteiger partial charge in [0.1, 0.15) is 0 Å². The van der Waals surface area contributed by atoms with Crippen LogP contribution < -0.4 is 10.6 Å². The lowest BCUT2D eigenvalue weighted by molar-refractivity contribution is 0.0707. The first-order chi connectivity index (χ1) is 15.4. The Bertz CT molecular complexity index is 1110. The number of nitrogens with zero attached hydrogens (tertiary/aromatic N) is 4. The van der Waals surface area contributed by atoms with Crippen LogP contribution in [0.15, 0.2) is 60.9 Å². The van der Waals surface area contributed by atoms with Crippen LogP contribution in [-0.4, -0.2) is 53.9 Å². The second kappa shape index (κ2) is 9.18. The Kier molecular flexibility index (Phi) is 6.16. The van der Waals surface area contributed by atoms with E-state index in [0.717, 1.165) is 30.5 Å². The highest BCUT2D eigenvalue weighted by Gasteiger charge is 2.27. The van der Waals surface area contributed by atoms with E-state index in [4.69, 9.17) is 5.73 Å². The third-order valence-electron chi connectivity index (χ3n) is 5.87. The topological polar surface area (TPSA) is 92.4 Å². The fourth-order valence-corrected chi connectivity index (χ4v) is 4.18. The van der Waals surface area contributed by atoms with Crippen LogP contribution in [0.25, 0.3) is 11.1 Å². The van der Waals surface area contributed by atoms with Gasteiger partial charge >= 0.3 is 0 Å². The first-order valence-corrected chi connectivity index (χ1v) is 10.7. The van der Waals surface area contributed by atoms with Crippen molar-refractivity contribution in [2.24, 2.45) is 5.73 Å². The van der Waals surface area contributed by atoms with Crippen LogP contribution in [0.3, 0.4) is 0 Å². The molecule has 1 fully saturated rings. The van der Waals surface area contributed by atoms with Gasteiger partial charge in [0, 0.05) is 62.2 Å². The van der Waals surface area contributed by atoms with E-state index in [2.05, 4.69) is 22.1 Å². The molecule has 4 rings (SSSR count). The first kappa shape index (κ1) is 21.5. The summed E-state index contributed by atoms with van der Waals surface area (Å²) in [5.74, 6) is 0.369. The molecule has 1 aliphatic heterocycles. The highest BCUT2D eigenvalue weighted by molar-refractivity contribution is 5.97. The normalized spacial score (nSPS) is 15.9. The fourth-order valence-electron chi connectivity index (χ4n) is 4.18. The summed E-state index contributed by atoms with van der Waals surface area (Å²) in [6, 6.07) is 14.8. The van der Waals surface area contributed by atoms with Crippen molar-refractivity contribution in [2.45, 2.75) is 18.8 Å². The van der Waals surface area contributed by atoms with Gasteiger partial charge in [-0.05, 0) is 48.2 Å². The van der Waals surface area contributed by atoms with Gasteiger partial charge < -0.3 is 15.5 Å². The van der Waals surface area contributed by atoms with E-state index in [1.807, 2.05) is 48.4 Å². The summed E-state index contributed by atoms with van der Waals surface area (Å²) >= 11 is 0. The summed E-state index contributed by atoms with van der Waals surface area (Å²) in [4.78, 5) is 37.1. The first-order valence-electron chi connectivity index (χ1n) is 10.7. The molecule has 0 aliphatic carbocycles. The zero-order chi connectivity index (χ0) is 22.7. The number of piperidine rings is 1. The molecular weight excluding hydrogens is 402 g/mol. The molecule has 7 nitrogen and oxygen atoms in total. The second-order valence-electron chi connectivity index (χ2n) is 8.29. The molecule has 3 aromatic rings. The molecule has 1 saturated heterocycles. The predicted octanol–water partition coefficient (Wildman–Crippen LogP) is 3.33. The van der Waals surface area contributed by atoms with Crippen LogP contribution in [-0.2, 0) is 0 Å². The fraction of sp³-hybridized carbons (Fsp3) is 0.280. The summed E-state index contributed by atoms with van der Waals surface area (Å²) in [6.07, 6.45) is 5.65. The number of hydrogen-bond acceptors (Lipinski definition) is 5. The number of carbonyl (C=O) groups is 2. The number of likely N-dealkylation sites (tertiary alicyclic amines) is 1. The maximum Gasteiger partial charge on any atom is 0.253 e. The number of aromatic nitrogens is 2. The summed E-state index contributed by atoms with van der Waals surface area (Å²) in [6.45, 7) is 1.36. The maximum absolute atomic E-state index is 13.1. The van der Waals surface area contributed by atoms with Gasteiger partial charge in [0.05, 0.1) is 0 Å². The van der Waals surface area contributed by atoms with Crippen molar-refractivity contribution < 1.29 is 9.59 Å². The molecule has 7 heteroatoms. The number of carbonyl (C=O) groups excluding carboxylic acids is 2. The van der Waals surface area contributed by atoms with Gasteiger partial charge in [-0.2, -0.15) is 0 Å². The Morgan fingerprint density at radius 1 is 1.00 bits per heavy atom. The monoisotopic (exact) mass is 429 g/mol. The van der Waals surface area contributed by atoms with Crippen molar-refractivity contribution >= 4 is 17.8 Å². The lowest BCUT2D eigenvalue weighted by Crippen LogP contribution is -2.39. The van der Waals surface area contributed by atoms with Gasteiger partial charge in [-0.1, -0.05) is 24.3 Å². The van der Waals surface area contributed by atoms with E-state index in [9.17, 15) is 9.59 Å². The minimum absolute atomic E-state index is 0.0260. The van der Waals surface area contributed by atoms with Crippen LogP contribution in [0.5, 0.6) is 0 Å². The number of rotatable bonds is 5. The summed E-state index contributed by atoms with van der Waals surface area (Å²) in [5, 5.41) is 0. The number of amides is 2. The van der Waals surface area contributed by atoms with E-state index in [1.165, 1.54) is 5.56 Å². The molecule has 0 saturated carbocycles. The van der Waals surface area contributed by atoms with E-state index < -0.39 is 5.91 Å². The molecule has 164 valence electrons. The van der Waals surface area contributed by atoms with Gasteiger partial charge in [-0.15, -0.1) is 0 Å². The number of nitrogens with two attached hydrogens (primary N) is 1. The van der Waals surface area contributed by atoms with Crippen molar-refractivity contribution in [3.63, 3.8) is 0 Å². The van der Waals surface area contributed by atoms with Crippen LogP contribution in [0.2, 0.25) is 0 Å². The van der Waals surface area contributed by atoms with Crippen LogP contribution in [0.1, 0.15) is 45.0 Å². The molecule has 32 heavy (non-hydrogen) atoms. The molecular formula is C25H27N5O2. The van der Waals surface area contributed by atoms with Crippen molar-refractivity contribution in [3.8, 4) is 11.1 Å². The molecule has 0 spiro atoms. The minimum Gasteiger partial charge on any atom is -0.366 e. The van der Waals surface area contributed by atoms with E-state index in [0.29, 0.717) is 23.6 Å². The van der Waals surface area contributed by atoms with Gasteiger partial charge in [0.25, 0.3) is 5.91 Å². The SMILES string of the molecule is CN(C)c1ncc(-c2ccccc2C2CCCN(C(=O)c3ccc(C(N)=O)cc3)C2)cn1. The molecule has 2 aromatic carbocycles. The van der Waals surface area contributed by atoms with Crippen LogP contribution >= 0.6 is 0 Å². The van der Waals surface area contributed by atoms with Crippen LogP contribution in [0, 0.1) is 0 Å². The standard InChI is InChI=1S/C25H27N5O2/c1-29(2)25-27-14-20(15-28-25)22-8-4-3-7-21(22)19-6-5-13-30(16-19)24(32)18-11-9-17(10-12-18)23(26)31/h3-4,7-12,14-15,19H,5-6,13,16H2,1-2H3,(H2,26,31). The Hall–Kier alpha value is -3.74. The average molecular weight is 430 g/mol. The molecule has 1 aromatic heterocycles. The van der Waals surface area contributed by atoms with Crippen LogP contribution in [0.4, 0.5) is 5.95 Å². The Labute approximate surface area is 187 Å². The second-order valence-corrected chi connectivity index (χ2v) is 8.29. The smallest absolute Gasteiger partial charge is 0.253 e. The lowest BCUT2D eigenvalue weighted by Gasteiger charge is -2.34. The molecule has 0 radical (unpaired) electrons. The molecule has 2 heterocycles. The van der Waals surface area contributed by atoms with Gasteiger partial charge in [0.2, 0.25) is 11.9 Å². The molecule has 0 bridgehead atoms. The summed E-state index contributed by atoms with van der Waals surface area (Å²) in [5.41, 5.74) is 9.54. The third-order valence-corrected chi connectivity index (χ3v) is 5.87. The van der Waals surface area contributed by atoms with Crippen molar-refractivity contribution in [1.82, 2.24) is 14.9 Å². The summed E-state index contributed by atoms with van der Waals surface area (Å²) in [7, 11) is 3.83. The number of anilines is 1. The Morgan fingerprint density at radius 3 is 2.31 bits per heavy atom. The molecule has 1 unspecified atom stereocenters. The Balaban J connectivity index is 1.56. The van der Waals surface area contributed by atoms with Gasteiger partial charge in [-0.25, -0.2) is 9.97 Å². The summed E-state index contributed by atoms with van der Waals surface area (Å²) < 4.78 is 0. The van der Waals surface area contributed by atoms with E-state index >= 15 is 0 Å². The number of benzene rings is 2. The maximum atomic E-state index is 13.1. The van der Waals surface area contributed by atoms with E-state index in [1.54, 1.807) is 24.3 Å². The number of primary amides is 1. The molecule has 2 N–H and O–H groups in total. The highest BCUT2D eigenvalue weighted by atomic mass is 16.2.